The van der Waals surface area contributed by atoms with Crippen LogP contribution < -0.4 is 0 Å². The van der Waals surface area contributed by atoms with Gasteiger partial charge in [-0.1, -0.05) is 44.2 Å². The van der Waals surface area contributed by atoms with Crippen molar-refractivity contribution >= 4 is 17.7 Å². The zero-order valence-corrected chi connectivity index (χ0v) is 18.0. The summed E-state index contributed by atoms with van der Waals surface area (Å²) in [5.74, 6) is 0.0370. The monoisotopic (exact) mass is 393 g/mol. The number of aryl methyl sites for hydroxylation is 1. The minimum absolute atomic E-state index is 0.0370. The normalized spacial score (nSPS) is 11.1. The van der Waals surface area contributed by atoms with Gasteiger partial charge in [-0.25, -0.2) is 4.68 Å². The first-order valence-electron chi connectivity index (χ1n) is 9.50. The number of hydrogen-bond acceptors (Lipinski definition) is 3. The molecule has 0 bridgehead atoms. The molecule has 1 aromatic heterocycles. The molecule has 2 aromatic carbocycles. The van der Waals surface area contributed by atoms with Crippen LogP contribution in [-0.4, -0.2) is 32.9 Å². The van der Waals surface area contributed by atoms with Crippen LogP contribution in [-0.2, 0) is 6.54 Å². The van der Waals surface area contributed by atoms with Crippen LogP contribution in [0.2, 0.25) is 0 Å². The lowest BCUT2D eigenvalue weighted by Gasteiger charge is -2.20. The minimum atomic E-state index is 0.0370. The first-order chi connectivity index (χ1) is 13.4. The Morgan fingerprint density at radius 3 is 2.39 bits per heavy atom. The summed E-state index contributed by atoms with van der Waals surface area (Å²) in [6.07, 6.45) is 0. The van der Waals surface area contributed by atoms with Crippen molar-refractivity contribution in [2.45, 2.75) is 44.4 Å². The second kappa shape index (κ2) is 8.65. The Hall–Kier alpha value is -2.53. The second-order valence-corrected chi connectivity index (χ2v) is 8.84. The van der Waals surface area contributed by atoms with Crippen LogP contribution in [0.15, 0.2) is 59.5 Å². The van der Waals surface area contributed by atoms with E-state index in [0.29, 0.717) is 11.8 Å². The Labute approximate surface area is 171 Å². The van der Waals surface area contributed by atoms with Gasteiger partial charge >= 0.3 is 0 Å². The van der Waals surface area contributed by atoms with Crippen molar-refractivity contribution in [2.75, 3.05) is 7.05 Å². The number of hydrogen-bond donors (Lipinski definition) is 0. The molecule has 0 atom stereocenters. The van der Waals surface area contributed by atoms with E-state index in [1.807, 2.05) is 73.3 Å². The van der Waals surface area contributed by atoms with E-state index in [-0.39, 0.29) is 5.91 Å². The smallest absolute Gasteiger partial charge is 0.255 e. The summed E-state index contributed by atoms with van der Waals surface area (Å²) in [6, 6.07) is 17.9. The van der Waals surface area contributed by atoms with Crippen LogP contribution in [0.1, 0.15) is 41.2 Å². The number of aromatic nitrogens is 2. The number of nitrogens with zero attached hydrogens (tertiary/aromatic N) is 3. The van der Waals surface area contributed by atoms with Crippen molar-refractivity contribution in [1.29, 1.82) is 0 Å². The Bertz CT molecular complexity index is 963. The van der Waals surface area contributed by atoms with Gasteiger partial charge in [-0.2, -0.15) is 5.10 Å². The topological polar surface area (TPSA) is 38.1 Å². The first kappa shape index (κ1) is 20.2. The fourth-order valence-corrected chi connectivity index (χ4v) is 4.19. The molecular formula is C23H27N3OS. The van der Waals surface area contributed by atoms with Gasteiger partial charge in [-0.15, -0.1) is 11.8 Å². The van der Waals surface area contributed by atoms with Crippen molar-refractivity contribution in [2.24, 2.45) is 0 Å². The predicted molar refractivity (Wildman–Crippen MR) is 116 cm³/mol. The number of thioether (sulfide) groups is 1. The maximum Gasteiger partial charge on any atom is 0.255 e. The van der Waals surface area contributed by atoms with Gasteiger partial charge in [0.2, 0.25) is 0 Å². The van der Waals surface area contributed by atoms with E-state index in [1.54, 1.807) is 16.7 Å². The molecule has 0 aliphatic rings. The lowest BCUT2D eigenvalue weighted by atomic mass is 10.1. The lowest BCUT2D eigenvalue weighted by molar-refractivity contribution is 0.0781. The lowest BCUT2D eigenvalue weighted by Crippen LogP contribution is -2.27. The van der Waals surface area contributed by atoms with E-state index in [9.17, 15) is 4.79 Å². The summed E-state index contributed by atoms with van der Waals surface area (Å²) >= 11 is 1.72. The molecular weight excluding hydrogens is 366 g/mol. The van der Waals surface area contributed by atoms with E-state index in [0.717, 1.165) is 33.1 Å². The van der Waals surface area contributed by atoms with E-state index < -0.39 is 0 Å². The summed E-state index contributed by atoms with van der Waals surface area (Å²) in [5, 5.41) is 5.12. The number of rotatable bonds is 6. The standard InChI is InChI=1S/C23H27N3OS/c1-16(2)28-22-14-10-9-13-20(22)23(27)25(5)15-21-17(3)24-26(18(21)4)19-11-7-6-8-12-19/h6-14,16H,15H2,1-5H3. The average molecular weight is 394 g/mol. The number of benzene rings is 2. The molecule has 0 N–H and O–H groups in total. The molecule has 0 saturated carbocycles. The predicted octanol–water partition coefficient (Wildman–Crippen LogP) is 5.26. The van der Waals surface area contributed by atoms with Crippen LogP contribution >= 0.6 is 11.8 Å². The fourth-order valence-electron chi connectivity index (χ4n) is 3.24. The summed E-state index contributed by atoms with van der Waals surface area (Å²) < 4.78 is 1.95. The summed E-state index contributed by atoms with van der Waals surface area (Å²) in [5.41, 5.74) is 4.89. The average Bonchev–Trinajstić information content (AvgIpc) is 2.96. The van der Waals surface area contributed by atoms with Gasteiger partial charge in [0, 0.05) is 35.0 Å². The van der Waals surface area contributed by atoms with E-state index in [4.69, 9.17) is 5.10 Å². The number of carbonyl (C=O) groups excluding carboxylic acids is 1. The van der Waals surface area contributed by atoms with Gasteiger partial charge in [-0.3, -0.25) is 4.79 Å². The molecule has 4 nitrogen and oxygen atoms in total. The highest BCUT2D eigenvalue weighted by Crippen LogP contribution is 2.28. The number of carbonyl (C=O) groups is 1. The van der Waals surface area contributed by atoms with Crippen molar-refractivity contribution < 1.29 is 4.79 Å². The molecule has 0 aliphatic heterocycles. The van der Waals surface area contributed by atoms with Crippen molar-refractivity contribution in [1.82, 2.24) is 14.7 Å². The Balaban J connectivity index is 1.85. The molecule has 1 amide bonds. The molecule has 28 heavy (non-hydrogen) atoms. The van der Waals surface area contributed by atoms with Gasteiger partial charge in [-0.05, 0) is 38.1 Å². The summed E-state index contributed by atoms with van der Waals surface area (Å²) in [4.78, 5) is 16.0. The first-order valence-corrected chi connectivity index (χ1v) is 10.4. The molecule has 0 unspecified atom stereocenters. The molecule has 1 heterocycles. The van der Waals surface area contributed by atoms with Crippen molar-refractivity contribution in [3.63, 3.8) is 0 Å². The van der Waals surface area contributed by atoms with Gasteiger partial charge in [0.15, 0.2) is 0 Å². The van der Waals surface area contributed by atoms with E-state index in [2.05, 4.69) is 20.8 Å². The summed E-state index contributed by atoms with van der Waals surface area (Å²) in [7, 11) is 1.86. The van der Waals surface area contributed by atoms with Gasteiger partial charge in [0.25, 0.3) is 5.91 Å². The van der Waals surface area contributed by atoms with E-state index >= 15 is 0 Å². The van der Waals surface area contributed by atoms with Crippen LogP contribution in [0.3, 0.4) is 0 Å². The Morgan fingerprint density at radius 2 is 1.71 bits per heavy atom. The van der Waals surface area contributed by atoms with Crippen LogP contribution in [0.4, 0.5) is 0 Å². The van der Waals surface area contributed by atoms with Gasteiger partial charge < -0.3 is 4.90 Å². The molecule has 5 heteroatoms. The number of para-hydroxylation sites is 1. The molecule has 0 spiro atoms. The molecule has 0 radical (unpaired) electrons. The molecule has 146 valence electrons. The SMILES string of the molecule is Cc1nn(-c2ccccc2)c(C)c1CN(C)C(=O)c1ccccc1SC(C)C. The second-order valence-electron chi connectivity index (χ2n) is 7.22. The Morgan fingerprint density at radius 1 is 1.07 bits per heavy atom. The van der Waals surface area contributed by atoms with Gasteiger partial charge in [0.05, 0.1) is 16.9 Å². The van der Waals surface area contributed by atoms with Crippen LogP contribution in [0, 0.1) is 13.8 Å². The molecule has 0 saturated heterocycles. The van der Waals surface area contributed by atoms with Crippen molar-refractivity contribution in [3.05, 3.63) is 77.1 Å². The molecule has 3 rings (SSSR count). The molecule has 3 aromatic rings. The zero-order valence-electron chi connectivity index (χ0n) is 17.1. The Kier molecular flexibility index (Phi) is 6.25. The third-order valence-electron chi connectivity index (χ3n) is 4.66. The highest BCUT2D eigenvalue weighted by atomic mass is 32.2. The molecule has 0 fully saturated rings. The quantitative estimate of drug-likeness (QED) is 0.536. The van der Waals surface area contributed by atoms with Gasteiger partial charge in [0.1, 0.15) is 0 Å². The third-order valence-corrected chi connectivity index (χ3v) is 5.75. The zero-order chi connectivity index (χ0) is 20.3. The largest absolute Gasteiger partial charge is 0.337 e. The number of amides is 1. The van der Waals surface area contributed by atoms with E-state index in [1.165, 1.54) is 0 Å². The molecule has 0 aliphatic carbocycles. The van der Waals surface area contributed by atoms with Crippen LogP contribution in [0.5, 0.6) is 0 Å². The maximum atomic E-state index is 13.1. The highest BCUT2D eigenvalue weighted by Gasteiger charge is 2.20. The van der Waals surface area contributed by atoms with Crippen molar-refractivity contribution in [3.8, 4) is 5.69 Å². The third kappa shape index (κ3) is 4.30. The summed E-state index contributed by atoms with van der Waals surface area (Å²) in [6.45, 7) is 8.87. The maximum absolute atomic E-state index is 13.1. The minimum Gasteiger partial charge on any atom is -0.337 e. The highest BCUT2D eigenvalue weighted by molar-refractivity contribution is 8.00. The van der Waals surface area contributed by atoms with Crippen LogP contribution in [0.25, 0.3) is 5.69 Å². The fraction of sp³-hybridized carbons (Fsp3) is 0.304.